The number of hydrogen-bond donors (Lipinski definition) is 0. The van der Waals surface area contributed by atoms with Crippen molar-refractivity contribution >= 4 is 11.9 Å². The third-order valence-corrected chi connectivity index (χ3v) is 4.70. The van der Waals surface area contributed by atoms with Crippen LogP contribution >= 0.6 is 0 Å². The summed E-state index contributed by atoms with van der Waals surface area (Å²) < 4.78 is 15.2. The van der Waals surface area contributed by atoms with Crippen molar-refractivity contribution in [2.45, 2.75) is 92.0 Å². The van der Waals surface area contributed by atoms with E-state index in [0.29, 0.717) is 12.4 Å². The van der Waals surface area contributed by atoms with Gasteiger partial charge in [0.25, 0.3) is 0 Å². The Morgan fingerprint density at radius 3 is 1.47 bits per heavy atom. The molecule has 0 aliphatic heterocycles. The van der Waals surface area contributed by atoms with Crippen LogP contribution in [0, 0.1) is 11.8 Å². The number of hydrogen-bond acceptors (Lipinski definition) is 5. The molecule has 2 unspecified atom stereocenters. The lowest BCUT2D eigenvalue weighted by molar-refractivity contribution is -0.154. The van der Waals surface area contributed by atoms with Crippen molar-refractivity contribution in [3.63, 3.8) is 0 Å². The molecule has 0 saturated heterocycles. The summed E-state index contributed by atoms with van der Waals surface area (Å²) in [5, 5.41) is 0. The van der Waals surface area contributed by atoms with E-state index in [1.54, 1.807) is 0 Å². The molecular weight excluding hydrogens is 452 g/mol. The Balaban J connectivity index is -0.000000132. The minimum Gasteiger partial charge on any atom is -0.466 e. The van der Waals surface area contributed by atoms with E-state index < -0.39 is 0 Å². The molecule has 2 aromatic rings. The van der Waals surface area contributed by atoms with Gasteiger partial charge in [0.2, 0.25) is 6.79 Å². The van der Waals surface area contributed by atoms with Gasteiger partial charge >= 0.3 is 11.9 Å². The predicted molar refractivity (Wildman–Crippen MR) is 159 cm³/mol. The van der Waals surface area contributed by atoms with Gasteiger partial charge in [-0.25, -0.2) is 0 Å². The van der Waals surface area contributed by atoms with E-state index in [1.165, 1.54) is 0 Å². The molecule has 0 aliphatic rings. The third-order valence-electron chi connectivity index (χ3n) is 4.70. The zero-order valence-corrected chi connectivity index (χ0v) is 18.7. The molecule has 0 spiro atoms. The number of rotatable bonds is 9. The maximum atomic E-state index is 11.5. The monoisotopic (exact) mass is 510 g/mol. The van der Waals surface area contributed by atoms with Gasteiger partial charge in [-0.3, -0.25) is 9.59 Å². The van der Waals surface area contributed by atoms with Crippen molar-refractivity contribution in [1.29, 1.82) is 0 Å². The van der Waals surface area contributed by atoms with Crippen LogP contribution in [0.25, 0.3) is 11.1 Å². The Bertz CT molecular complexity index is 741. The average molecular weight is 511 g/mol. The highest BCUT2D eigenvalue weighted by atomic mass is 16.7. The zero-order valence-electron chi connectivity index (χ0n) is 18.7. The van der Waals surface area contributed by atoms with Crippen LogP contribution in [0.15, 0.2) is 54.6 Å². The standard InChI is InChI=1S/C18H20O3.C7H14O2.6CH4/c1-3-14(2)18(19)21-13-20-17-11-9-16(10-12-17)15-7-5-4-6-8-15;1-4-6(3)7(8)9-5-2;;;;;;/h4-12,14H,3,13H2,1-2H3;6H,4-5H2,1-3H3;6*1H4. The molecule has 0 N–H and O–H groups in total. The van der Waals surface area contributed by atoms with Gasteiger partial charge in [-0.1, -0.05) is 115 Å². The lowest BCUT2D eigenvalue weighted by Crippen LogP contribution is -2.17. The summed E-state index contributed by atoms with van der Waals surface area (Å²) in [7, 11) is 0. The van der Waals surface area contributed by atoms with Gasteiger partial charge in [0.15, 0.2) is 0 Å². The molecule has 5 nitrogen and oxygen atoms in total. The van der Waals surface area contributed by atoms with E-state index in [1.807, 2.05) is 77.1 Å². The first-order valence-electron chi connectivity index (χ1n) is 10.5. The summed E-state index contributed by atoms with van der Waals surface area (Å²) in [6.07, 6.45) is 1.63. The van der Waals surface area contributed by atoms with Crippen LogP contribution in [0.3, 0.4) is 0 Å². The summed E-state index contributed by atoms with van der Waals surface area (Å²) in [5.74, 6) is 0.351. The minimum absolute atomic E-state index is 0. The second kappa shape index (κ2) is 26.8. The molecule has 212 valence electrons. The first kappa shape index (κ1) is 46.5. The van der Waals surface area contributed by atoms with E-state index >= 15 is 0 Å². The second-order valence-corrected chi connectivity index (χ2v) is 6.99. The number of carbonyl (C=O) groups is 2. The molecule has 36 heavy (non-hydrogen) atoms. The van der Waals surface area contributed by atoms with Gasteiger partial charge in [-0.15, -0.1) is 0 Å². The number of esters is 2. The van der Waals surface area contributed by atoms with Gasteiger partial charge in [-0.05, 0) is 43.0 Å². The van der Waals surface area contributed by atoms with Crippen LogP contribution in [0.5, 0.6) is 5.75 Å². The molecule has 2 rings (SSSR count). The normalized spacial score (nSPS) is 10.0. The molecule has 0 radical (unpaired) electrons. The minimum atomic E-state index is -0.224. The molecule has 0 fully saturated rings. The van der Waals surface area contributed by atoms with Crippen molar-refractivity contribution in [1.82, 2.24) is 0 Å². The summed E-state index contributed by atoms with van der Waals surface area (Å²) >= 11 is 0. The summed E-state index contributed by atoms with van der Waals surface area (Å²) in [5.41, 5.74) is 2.28. The molecule has 0 aromatic heterocycles. The number of benzene rings is 2. The molecule has 2 atom stereocenters. The van der Waals surface area contributed by atoms with Crippen molar-refractivity contribution in [3.05, 3.63) is 54.6 Å². The first-order valence-corrected chi connectivity index (χ1v) is 10.5. The van der Waals surface area contributed by atoms with E-state index in [2.05, 4.69) is 12.1 Å². The highest BCUT2D eigenvalue weighted by Crippen LogP contribution is 2.22. The van der Waals surface area contributed by atoms with Gasteiger partial charge in [0.05, 0.1) is 18.4 Å². The molecule has 0 bridgehead atoms. The number of carbonyl (C=O) groups excluding carboxylic acids is 2. The van der Waals surface area contributed by atoms with Crippen molar-refractivity contribution in [2.24, 2.45) is 11.8 Å². The van der Waals surface area contributed by atoms with Crippen LogP contribution in [-0.2, 0) is 19.1 Å². The van der Waals surface area contributed by atoms with Crippen molar-refractivity contribution < 1.29 is 23.8 Å². The van der Waals surface area contributed by atoms with E-state index in [-0.39, 0.29) is 75.1 Å². The quantitative estimate of drug-likeness (QED) is 0.248. The van der Waals surface area contributed by atoms with Gasteiger partial charge in [0, 0.05) is 0 Å². The van der Waals surface area contributed by atoms with Crippen LogP contribution < -0.4 is 4.74 Å². The van der Waals surface area contributed by atoms with Gasteiger partial charge in [0.1, 0.15) is 5.75 Å². The lowest BCUT2D eigenvalue weighted by Gasteiger charge is -2.10. The van der Waals surface area contributed by atoms with Gasteiger partial charge in [-0.2, -0.15) is 0 Å². The molecule has 5 heteroatoms. The maximum Gasteiger partial charge on any atom is 0.311 e. The molecule has 2 aromatic carbocycles. The Morgan fingerprint density at radius 2 is 1.06 bits per heavy atom. The Labute approximate surface area is 224 Å². The fourth-order valence-electron chi connectivity index (χ4n) is 2.29. The summed E-state index contributed by atoms with van der Waals surface area (Å²) in [4.78, 5) is 22.3. The van der Waals surface area contributed by atoms with Crippen molar-refractivity contribution in [2.75, 3.05) is 13.4 Å². The third kappa shape index (κ3) is 17.6. The molecule has 0 saturated carbocycles. The second-order valence-electron chi connectivity index (χ2n) is 6.99. The van der Waals surface area contributed by atoms with Crippen LogP contribution in [0.4, 0.5) is 0 Å². The van der Waals surface area contributed by atoms with Gasteiger partial charge < -0.3 is 14.2 Å². The smallest absolute Gasteiger partial charge is 0.311 e. The molecule has 0 heterocycles. The first-order chi connectivity index (χ1) is 14.4. The SMILES string of the molecule is C.C.C.C.C.C.CCC(C)C(=O)OCOc1ccc(-c2ccccc2)cc1.CCOC(=O)C(C)CC. The topological polar surface area (TPSA) is 61.8 Å². The van der Waals surface area contributed by atoms with E-state index in [9.17, 15) is 9.59 Å². The molecule has 0 aliphatic carbocycles. The van der Waals surface area contributed by atoms with Crippen molar-refractivity contribution in [3.8, 4) is 16.9 Å². The summed E-state index contributed by atoms with van der Waals surface area (Å²) in [6, 6.07) is 17.9. The Morgan fingerprint density at radius 1 is 0.639 bits per heavy atom. The highest BCUT2D eigenvalue weighted by molar-refractivity contribution is 5.72. The van der Waals surface area contributed by atoms with Crippen LogP contribution in [0.2, 0.25) is 0 Å². The maximum absolute atomic E-state index is 11.5. The largest absolute Gasteiger partial charge is 0.466 e. The lowest BCUT2D eigenvalue weighted by atomic mass is 10.1. The predicted octanol–water partition coefficient (Wildman–Crippen LogP) is 9.69. The fourth-order valence-corrected chi connectivity index (χ4v) is 2.29. The van der Waals surface area contributed by atoms with Crippen LogP contribution in [0.1, 0.15) is 92.0 Å². The Hall–Kier alpha value is -2.82. The molecule has 0 amide bonds. The highest BCUT2D eigenvalue weighted by Gasteiger charge is 2.11. The van der Waals surface area contributed by atoms with Crippen LogP contribution in [-0.4, -0.2) is 25.3 Å². The Kier molecular flexibility index (Phi) is 34.6. The average Bonchev–Trinajstić information content (AvgIpc) is 2.79. The molecular formula is C31H58O5. The van der Waals surface area contributed by atoms with E-state index in [4.69, 9.17) is 14.2 Å². The van der Waals surface area contributed by atoms with E-state index in [0.717, 1.165) is 24.0 Å². The zero-order chi connectivity index (χ0) is 22.4. The fraction of sp³-hybridized carbons (Fsp3) is 0.548. The summed E-state index contributed by atoms with van der Waals surface area (Å²) in [6.45, 7) is 9.91. The number of ether oxygens (including phenoxy) is 3.